The van der Waals surface area contributed by atoms with Gasteiger partial charge in [0, 0.05) is 0 Å². The Kier molecular flexibility index (Phi) is 5.24. The molecular formula is H3CrNaO4. The van der Waals surface area contributed by atoms with E-state index in [-0.39, 0.29) is 31.0 Å². The molecule has 6 heavy (non-hydrogen) atoms. The Balaban J connectivity index is -0.0000000800. The molecule has 0 aromatic rings. The predicted octanol–water partition coefficient (Wildman–Crippen LogP) is -4.24. The third kappa shape index (κ3) is 74.9. The van der Waals surface area contributed by atoms with Crippen LogP contribution in [0.2, 0.25) is 0 Å². The Morgan fingerprint density at radius 3 is 1.33 bits per heavy atom. The van der Waals surface area contributed by atoms with E-state index in [4.69, 9.17) is 15.9 Å². The fourth-order valence-corrected chi connectivity index (χ4v) is 0. The first kappa shape index (κ1) is 10.1. The van der Waals surface area contributed by atoms with Crippen LogP contribution < -0.4 is 29.6 Å². The summed E-state index contributed by atoms with van der Waals surface area (Å²) >= 11 is -5.25. The molecule has 0 spiro atoms. The normalized spacial score (nSPS) is 9.67. The molecule has 0 rings (SSSR count). The minimum absolute atomic E-state index is 0. The summed E-state index contributed by atoms with van der Waals surface area (Å²) in [5, 5.41) is 0. The van der Waals surface area contributed by atoms with E-state index in [9.17, 15) is 0 Å². The van der Waals surface area contributed by atoms with Gasteiger partial charge in [-0.05, 0) is 0 Å². The van der Waals surface area contributed by atoms with Crippen LogP contribution in [0.15, 0.2) is 0 Å². The van der Waals surface area contributed by atoms with Gasteiger partial charge in [0.15, 0.2) is 0 Å². The van der Waals surface area contributed by atoms with Crippen molar-refractivity contribution in [2.45, 2.75) is 0 Å². The van der Waals surface area contributed by atoms with Gasteiger partial charge < -0.3 is 1.43 Å². The Morgan fingerprint density at radius 2 is 1.33 bits per heavy atom. The molecule has 34 valence electrons. The zero-order valence-electron chi connectivity index (χ0n) is 4.12. The second-order valence-corrected chi connectivity index (χ2v) is 1.85. The van der Waals surface area contributed by atoms with Crippen molar-refractivity contribution in [3.8, 4) is 0 Å². The molecule has 0 saturated carbocycles. The molecule has 0 aromatic heterocycles. The van der Waals surface area contributed by atoms with Gasteiger partial charge in [-0.2, -0.15) is 0 Å². The third-order valence-corrected chi connectivity index (χ3v) is 0. The molecule has 0 aliphatic heterocycles. The van der Waals surface area contributed by atoms with Crippen LogP contribution in [-0.2, 0) is 21.2 Å². The molecule has 0 fully saturated rings. The molecule has 0 amide bonds. The van der Waals surface area contributed by atoms with Gasteiger partial charge in [-0.1, -0.05) is 0 Å². The average molecular weight is 142 g/mol. The molecule has 0 aliphatic carbocycles. The van der Waals surface area contributed by atoms with E-state index in [1.54, 1.807) is 0 Å². The summed E-state index contributed by atoms with van der Waals surface area (Å²) in [6.45, 7) is 0. The van der Waals surface area contributed by atoms with Gasteiger partial charge >= 0.3 is 59.1 Å². The monoisotopic (exact) mass is 142 g/mol. The van der Waals surface area contributed by atoms with Crippen LogP contribution in [0.5, 0.6) is 0 Å². The van der Waals surface area contributed by atoms with E-state index in [1.165, 1.54) is 0 Å². The summed E-state index contributed by atoms with van der Waals surface area (Å²) in [6.07, 6.45) is 0. The summed E-state index contributed by atoms with van der Waals surface area (Å²) in [5.74, 6) is 0. The Labute approximate surface area is 60.3 Å². The van der Waals surface area contributed by atoms with Crippen molar-refractivity contribution < 1.29 is 60.5 Å². The van der Waals surface area contributed by atoms with E-state index in [1.807, 2.05) is 0 Å². The van der Waals surface area contributed by atoms with Crippen molar-refractivity contribution in [3.05, 3.63) is 0 Å². The van der Waals surface area contributed by atoms with Crippen LogP contribution >= 0.6 is 0 Å². The summed E-state index contributed by atoms with van der Waals surface area (Å²) in [7, 11) is 0. The van der Waals surface area contributed by atoms with E-state index in [0.717, 1.165) is 0 Å². The van der Waals surface area contributed by atoms with Crippen LogP contribution in [0.25, 0.3) is 0 Å². The second-order valence-electron chi connectivity index (χ2n) is 0.448. The molecule has 0 unspecified atom stereocenters. The van der Waals surface area contributed by atoms with Crippen LogP contribution in [0.1, 0.15) is 1.43 Å². The van der Waals surface area contributed by atoms with E-state index >= 15 is 0 Å². The average Bonchev–Trinajstić information content (AvgIpc) is 0.722. The van der Waals surface area contributed by atoms with E-state index < -0.39 is 13.6 Å². The predicted molar refractivity (Wildman–Crippen MR) is 6.92 cm³/mol. The van der Waals surface area contributed by atoms with Crippen molar-refractivity contribution in [3.63, 3.8) is 0 Å². The van der Waals surface area contributed by atoms with Gasteiger partial charge in [0.25, 0.3) is 0 Å². The van der Waals surface area contributed by atoms with E-state index in [0.29, 0.717) is 0 Å². The third-order valence-electron chi connectivity index (χ3n) is 0. The number of hydrogen-bond acceptors (Lipinski definition) is 2. The first-order chi connectivity index (χ1) is 2.00. The standard InChI is InChI=1S/Cr.Na.2H2O.2O.H/h;;2*1H2;;;/q+2;+1;;;;;-1/p-2. The van der Waals surface area contributed by atoms with Crippen LogP contribution in [-0.4, -0.2) is 8.32 Å². The fraction of sp³-hybridized carbons (Fsp3) is 0. The first-order valence-electron chi connectivity index (χ1n) is 0.698. The maximum atomic E-state index is 8.82. The zero-order valence-corrected chi connectivity index (χ0v) is 6.39. The molecule has 6 heteroatoms. The molecular weight excluding hydrogens is 139 g/mol. The fourth-order valence-electron chi connectivity index (χ4n) is 0. The number of rotatable bonds is 0. The Bertz CT molecular complexity index is 94.9. The SMILES string of the molecule is [H-].[Na+].[O]=[Cr](=[O])([OH])[OH]. The van der Waals surface area contributed by atoms with Crippen molar-refractivity contribution >= 4 is 0 Å². The van der Waals surface area contributed by atoms with Gasteiger partial charge in [0.05, 0.1) is 0 Å². The maximum absolute atomic E-state index is 8.82. The summed E-state index contributed by atoms with van der Waals surface area (Å²) < 4.78 is 31.9. The van der Waals surface area contributed by atoms with Gasteiger partial charge in [-0.15, -0.1) is 0 Å². The van der Waals surface area contributed by atoms with Crippen molar-refractivity contribution in [1.29, 1.82) is 0 Å². The van der Waals surface area contributed by atoms with Crippen LogP contribution in [0.3, 0.4) is 0 Å². The Morgan fingerprint density at radius 1 is 1.33 bits per heavy atom. The molecule has 0 heterocycles. The summed E-state index contributed by atoms with van der Waals surface area (Å²) in [5.41, 5.74) is 0. The molecule has 2 N–H and O–H groups in total. The quantitative estimate of drug-likeness (QED) is 0.336. The van der Waals surface area contributed by atoms with Gasteiger partial charge in [-0.25, -0.2) is 0 Å². The van der Waals surface area contributed by atoms with Crippen LogP contribution in [0, 0.1) is 0 Å². The molecule has 4 nitrogen and oxygen atoms in total. The topological polar surface area (TPSA) is 74.6 Å². The van der Waals surface area contributed by atoms with Crippen LogP contribution in [0.4, 0.5) is 0 Å². The van der Waals surface area contributed by atoms with Crippen molar-refractivity contribution in [2.24, 2.45) is 0 Å². The number of hydrogen-bond donors (Lipinski definition) is 2. The molecule has 0 aromatic carbocycles. The second kappa shape index (κ2) is 3.11. The summed E-state index contributed by atoms with van der Waals surface area (Å²) in [4.78, 5) is 0. The van der Waals surface area contributed by atoms with E-state index in [2.05, 4.69) is 0 Å². The summed E-state index contributed by atoms with van der Waals surface area (Å²) in [6, 6.07) is 0. The first-order valence-corrected chi connectivity index (χ1v) is 2.88. The molecule has 0 aliphatic rings. The molecule has 0 radical (unpaired) electrons. The molecule has 0 saturated heterocycles. The zero-order chi connectivity index (χ0) is 4.50. The van der Waals surface area contributed by atoms with Gasteiger partial charge in [-0.3, -0.25) is 0 Å². The van der Waals surface area contributed by atoms with Crippen molar-refractivity contribution in [2.75, 3.05) is 0 Å². The van der Waals surface area contributed by atoms with Crippen molar-refractivity contribution in [1.82, 2.24) is 0 Å². The van der Waals surface area contributed by atoms with Gasteiger partial charge in [0.1, 0.15) is 0 Å². The minimum atomic E-state index is -5.25. The Hall–Kier alpha value is 1.05. The molecule has 0 atom stereocenters. The van der Waals surface area contributed by atoms with Gasteiger partial charge in [0.2, 0.25) is 0 Å². The molecule has 0 bridgehead atoms.